The fourth-order valence-electron chi connectivity index (χ4n) is 3.08. The van der Waals surface area contributed by atoms with Gasteiger partial charge in [0.1, 0.15) is 0 Å². The van der Waals surface area contributed by atoms with E-state index < -0.39 is 0 Å². The van der Waals surface area contributed by atoms with E-state index in [0.717, 1.165) is 26.2 Å². The third-order valence-electron chi connectivity index (χ3n) is 4.42. The zero-order chi connectivity index (χ0) is 17.5. The number of rotatable bonds is 8. The minimum atomic E-state index is 0.879. The van der Waals surface area contributed by atoms with Gasteiger partial charge in [0.2, 0.25) is 0 Å². The molecule has 0 saturated heterocycles. The molecule has 0 N–H and O–H groups in total. The van der Waals surface area contributed by atoms with Crippen LogP contribution in [0, 0.1) is 6.92 Å². The average molecular weight is 330 g/mol. The third kappa shape index (κ3) is 4.94. The van der Waals surface area contributed by atoms with E-state index in [1.54, 1.807) is 0 Å². The lowest BCUT2D eigenvalue weighted by Gasteiger charge is -2.22. The number of hydrogen-bond acceptors (Lipinski definition) is 1. The fourth-order valence-corrected chi connectivity index (χ4v) is 3.08. The Labute approximate surface area is 151 Å². The van der Waals surface area contributed by atoms with Gasteiger partial charge in [-0.25, -0.2) is 0 Å². The Hall–Kier alpha value is -2.58. The smallest absolute Gasteiger partial charge is 0.0473 e. The predicted molar refractivity (Wildman–Crippen MR) is 105 cm³/mol. The van der Waals surface area contributed by atoms with Crippen molar-refractivity contribution in [1.29, 1.82) is 0 Å². The SMILES string of the molecule is C=CCN(Cc1ccc(C)cc1)Cc1cccn1Cc1ccccc1. The molecule has 3 aromatic rings. The van der Waals surface area contributed by atoms with Crippen LogP contribution in [0.2, 0.25) is 0 Å². The van der Waals surface area contributed by atoms with E-state index in [9.17, 15) is 0 Å². The first-order valence-corrected chi connectivity index (χ1v) is 8.81. The average Bonchev–Trinajstić information content (AvgIpc) is 3.05. The van der Waals surface area contributed by atoms with Gasteiger partial charge in [-0.2, -0.15) is 0 Å². The summed E-state index contributed by atoms with van der Waals surface area (Å²) in [5.74, 6) is 0. The largest absolute Gasteiger partial charge is 0.346 e. The lowest BCUT2D eigenvalue weighted by Crippen LogP contribution is -2.24. The topological polar surface area (TPSA) is 8.17 Å². The van der Waals surface area contributed by atoms with E-state index in [1.165, 1.54) is 22.4 Å². The van der Waals surface area contributed by atoms with E-state index in [0.29, 0.717) is 0 Å². The predicted octanol–water partition coefficient (Wildman–Crippen LogP) is 5.03. The molecular weight excluding hydrogens is 304 g/mol. The van der Waals surface area contributed by atoms with Crippen molar-refractivity contribution in [1.82, 2.24) is 9.47 Å². The Morgan fingerprint density at radius 3 is 2.36 bits per heavy atom. The van der Waals surface area contributed by atoms with E-state index in [2.05, 4.69) is 95.9 Å². The molecule has 0 bridgehead atoms. The van der Waals surface area contributed by atoms with Crippen molar-refractivity contribution < 1.29 is 0 Å². The van der Waals surface area contributed by atoms with E-state index in [1.807, 2.05) is 6.08 Å². The normalized spacial score (nSPS) is 11.0. The number of hydrogen-bond donors (Lipinski definition) is 0. The van der Waals surface area contributed by atoms with Gasteiger partial charge in [0.15, 0.2) is 0 Å². The summed E-state index contributed by atoms with van der Waals surface area (Å²) < 4.78 is 2.33. The van der Waals surface area contributed by atoms with Crippen LogP contribution in [0.3, 0.4) is 0 Å². The molecule has 2 aromatic carbocycles. The first kappa shape index (κ1) is 17.2. The molecule has 0 fully saturated rings. The second kappa shape index (κ2) is 8.50. The van der Waals surface area contributed by atoms with Gasteiger partial charge in [-0.05, 0) is 30.2 Å². The quantitative estimate of drug-likeness (QED) is 0.526. The Bertz CT molecular complexity index is 784. The maximum Gasteiger partial charge on any atom is 0.0473 e. The van der Waals surface area contributed by atoms with Crippen LogP contribution in [0.4, 0.5) is 0 Å². The van der Waals surface area contributed by atoms with Crippen molar-refractivity contribution in [3.05, 3.63) is 108 Å². The van der Waals surface area contributed by atoms with Gasteiger partial charge in [-0.1, -0.05) is 66.2 Å². The molecule has 0 aliphatic carbocycles. The van der Waals surface area contributed by atoms with Gasteiger partial charge in [0.05, 0.1) is 0 Å². The summed E-state index contributed by atoms with van der Waals surface area (Å²) in [7, 11) is 0. The van der Waals surface area contributed by atoms with E-state index in [4.69, 9.17) is 0 Å². The molecule has 2 nitrogen and oxygen atoms in total. The van der Waals surface area contributed by atoms with Crippen molar-refractivity contribution in [2.75, 3.05) is 6.54 Å². The van der Waals surface area contributed by atoms with Gasteiger partial charge in [0.25, 0.3) is 0 Å². The van der Waals surface area contributed by atoms with Gasteiger partial charge in [-0.3, -0.25) is 4.90 Å². The zero-order valence-electron chi connectivity index (χ0n) is 14.9. The van der Waals surface area contributed by atoms with Crippen LogP contribution >= 0.6 is 0 Å². The van der Waals surface area contributed by atoms with Gasteiger partial charge in [0, 0.05) is 38.1 Å². The molecule has 0 aliphatic rings. The summed E-state index contributed by atoms with van der Waals surface area (Å²) in [6, 6.07) is 23.8. The minimum absolute atomic E-state index is 0.879. The highest BCUT2D eigenvalue weighted by molar-refractivity contribution is 5.22. The molecular formula is C23H26N2. The summed E-state index contributed by atoms with van der Waals surface area (Å²) >= 11 is 0. The van der Waals surface area contributed by atoms with Crippen molar-refractivity contribution in [2.45, 2.75) is 26.6 Å². The standard InChI is InChI=1S/C23H26N2/c1-3-15-24(17-22-13-11-20(2)12-14-22)19-23-10-7-16-25(23)18-21-8-5-4-6-9-21/h3-14,16H,1,15,17-19H2,2H3. The van der Waals surface area contributed by atoms with Crippen molar-refractivity contribution in [2.24, 2.45) is 0 Å². The van der Waals surface area contributed by atoms with E-state index >= 15 is 0 Å². The molecule has 0 radical (unpaired) electrons. The second-order valence-corrected chi connectivity index (χ2v) is 6.56. The number of nitrogens with zero attached hydrogens (tertiary/aromatic N) is 2. The van der Waals surface area contributed by atoms with Crippen molar-refractivity contribution in [3.63, 3.8) is 0 Å². The summed E-state index contributed by atoms with van der Waals surface area (Å²) in [4.78, 5) is 2.43. The molecule has 1 heterocycles. The van der Waals surface area contributed by atoms with Crippen LogP contribution in [-0.2, 0) is 19.6 Å². The zero-order valence-corrected chi connectivity index (χ0v) is 14.9. The highest BCUT2D eigenvalue weighted by Crippen LogP contribution is 2.13. The van der Waals surface area contributed by atoms with Crippen LogP contribution < -0.4 is 0 Å². The van der Waals surface area contributed by atoms with Crippen molar-refractivity contribution >= 4 is 0 Å². The second-order valence-electron chi connectivity index (χ2n) is 6.56. The van der Waals surface area contributed by atoms with Crippen molar-refractivity contribution in [3.8, 4) is 0 Å². The summed E-state index contributed by atoms with van der Waals surface area (Å²) in [6.07, 6.45) is 4.15. The molecule has 0 aliphatic heterocycles. The van der Waals surface area contributed by atoms with Gasteiger partial charge in [-0.15, -0.1) is 6.58 Å². The Morgan fingerprint density at radius 1 is 0.880 bits per heavy atom. The lowest BCUT2D eigenvalue weighted by atomic mass is 10.1. The molecule has 0 amide bonds. The van der Waals surface area contributed by atoms with Crippen LogP contribution in [0.1, 0.15) is 22.4 Å². The number of aryl methyl sites for hydroxylation is 1. The summed E-state index contributed by atoms with van der Waals surface area (Å²) in [5, 5.41) is 0. The third-order valence-corrected chi connectivity index (χ3v) is 4.42. The highest BCUT2D eigenvalue weighted by atomic mass is 15.1. The monoisotopic (exact) mass is 330 g/mol. The molecule has 1 aromatic heterocycles. The Morgan fingerprint density at radius 2 is 1.64 bits per heavy atom. The molecule has 2 heteroatoms. The fraction of sp³-hybridized carbons (Fsp3) is 0.217. The molecule has 0 atom stereocenters. The molecule has 0 unspecified atom stereocenters. The van der Waals surface area contributed by atoms with Crippen LogP contribution in [0.15, 0.2) is 85.6 Å². The molecule has 3 rings (SSSR count). The van der Waals surface area contributed by atoms with Crippen LogP contribution in [0.25, 0.3) is 0 Å². The number of aromatic nitrogens is 1. The van der Waals surface area contributed by atoms with Crippen LogP contribution in [-0.4, -0.2) is 16.0 Å². The maximum atomic E-state index is 3.93. The lowest BCUT2D eigenvalue weighted by molar-refractivity contribution is 0.279. The Balaban J connectivity index is 1.71. The minimum Gasteiger partial charge on any atom is -0.346 e. The Kier molecular flexibility index (Phi) is 5.86. The van der Waals surface area contributed by atoms with Gasteiger partial charge < -0.3 is 4.57 Å². The summed E-state index contributed by atoms with van der Waals surface area (Å²) in [6.45, 7) is 9.70. The molecule has 128 valence electrons. The molecule has 25 heavy (non-hydrogen) atoms. The molecule has 0 spiro atoms. The highest BCUT2D eigenvalue weighted by Gasteiger charge is 2.09. The summed E-state index contributed by atoms with van der Waals surface area (Å²) in [5.41, 5.74) is 5.30. The van der Waals surface area contributed by atoms with E-state index in [-0.39, 0.29) is 0 Å². The number of benzene rings is 2. The molecule has 0 saturated carbocycles. The van der Waals surface area contributed by atoms with Crippen LogP contribution in [0.5, 0.6) is 0 Å². The first-order valence-electron chi connectivity index (χ1n) is 8.81. The van der Waals surface area contributed by atoms with Gasteiger partial charge >= 0.3 is 0 Å². The maximum absolute atomic E-state index is 3.93. The first-order chi connectivity index (χ1) is 12.2.